The Kier molecular flexibility index (Phi) is 5.52. The molecule has 106 valence electrons. The molecule has 1 aliphatic carbocycles. The average molecular weight is 262 g/mol. The lowest BCUT2D eigenvalue weighted by atomic mass is 9.86. The van der Waals surface area contributed by atoms with Crippen LogP contribution in [0, 0.1) is 5.92 Å². The standard InChI is InChI=1S/C16H26N2O/c1-2-10-19-16-5-3-4-15(11-16)18-12-13-6-8-14(17)9-7-13/h3-5,11,13-14,18H,2,6-10,12,17H2,1H3. The van der Waals surface area contributed by atoms with E-state index in [2.05, 4.69) is 24.4 Å². The van der Waals surface area contributed by atoms with Crippen molar-refractivity contribution >= 4 is 5.69 Å². The van der Waals surface area contributed by atoms with Crippen LogP contribution in [0.25, 0.3) is 0 Å². The summed E-state index contributed by atoms with van der Waals surface area (Å²) < 4.78 is 5.65. The van der Waals surface area contributed by atoms with Crippen LogP contribution in [-0.2, 0) is 0 Å². The first-order valence-electron chi connectivity index (χ1n) is 7.50. The highest BCUT2D eigenvalue weighted by atomic mass is 16.5. The smallest absolute Gasteiger partial charge is 0.121 e. The molecule has 0 radical (unpaired) electrons. The molecule has 1 saturated carbocycles. The molecule has 0 heterocycles. The third kappa shape index (κ3) is 4.75. The molecule has 0 unspecified atom stereocenters. The minimum Gasteiger partial charge on any atom is -0.494 e. The molecule has 0 bridgehead atoms. The van der Waals surface area contributed by atoms with Crippen molar-refractivity contribution in [1.29, 1.82) is 0 Å². The van der Waals surface area contributed by atoms with Gasteiger partial charge in [-0.05, 0) is 50.2 Å². The predicted octanol–water partition coefficient (Wildman–Crippen LogP) is 3.40. The van der Waals surface area contributed by atoms with Gasteiger partial charge >= 0.3 is 0 Å². The summed E-state index contributed by atoms with van der Waals surface area (Å²) in [6.45, 7) is 3.95. The van der Waals surface area contributed by atoms with Crippen molar-refractivity contribution in [3.05, 3.63) is 24.3 Å². The van der Waals surface area contributed by atoms with E-state index in [0.29, 0.717) is 6.04 Å². The zero-order valence-electron chi connectivity index (χ0n) is 11.9. The van der Waals surface area contributed by atoms with Crippen LogP contribution >= 0.6 is 0 Å². The molecule has 0 atom stereocenters. The van der Waals surface area contributed by atoms with E-state index in [1.165, 1.54) is 25.7 Å². The molecule has 1 fully saturated rings. The number of hydrogen-bond acceptors (Lipinski definition) is 3. The number of benzene rings is 1. The summed E-state index contributed by atoms with van der Waals surface area (Å²) in [4.78, 5) is 0. The minimum absolute atomic E-state index is 0.432. The Bertz CT molecular complexity index is 373. The van der Waals surface area contributed by atoms with E-state index < -0.39 is 0 Å². The predicted molar refractivity (Wildman–Crippen MR) is 80.7 cm³/mol. The van der Waals surface area contributed by atoms with Gasteiger partial charge in [0.05, 0.1) is 6.61 Å². The van der Waals surface area contributed by atoms with Gasteiger partial charge in [0.1, 0.15) is 5.75 Å². The second-order valence-electron chi connectivity index (χ2n) is 5.54. The second-order valence-corrected chi connectivity index (χ2v) is 5.54. The number of nitrogens with one attached hydrogen (secondary N) is 1. The SMILES string of the molecule is CCCOc1cccc(NCC2CCC(N)CC2)c1. The maximum Gasteiger partial charge on any atom is 0.121 e. The maximum absolute atomic E-state index is 5.93. The van der Waals surface area contributed by atoms with Gasteiger partial charge in [-0.3, -0.25) is 0 Å². The summed E-state index contributed by atoms with van der Waals surface area (Å²) in [5.74, 6) is 1.72. The number of nitrogens with two attached hydrogens (primary N) is 1. The van der Waals surface area contributed by atoms with Gasteiger partial charge < -0.3 is 15.8 Å². The monoisotopic (exact) mass is 262 g/mol. The summed E-state index contributed by atoms with van der Waals surface area (Å²) in [6.07, 6.45) is 5.89. The van der Waals surface area contributed by atoms with E-state index in [1.807, 2.05) is 12.1 Å². The number of rotatable bonds is 6. The first-order valence-corrected chi connectivity index (χ1v) is 7.50. The molecule has 3 N–H and O–H groups in total. The fraction of sp³-hybridized carbons (Fsp3) is 0.625. The van der Waals surface area contributed by atoms with Gasteiger partial charge in [-0.1, -0.05) is 13.0 Å². The molecule has 19 heavy (non-hydrogen) atoms. The van der Waals surface area contributed by atoms with Gasteiger partial charge in [-0.2, -0.15) is 0 Å². The van der Waals surface area contributed by atoms with Gasteiger partial charge in [0.15, 0.2) is 0 Å². The number of hydrogen-bond donors (Lipinski definition) is 2. The van der Waals surface area contributed by atoms with E-state index >= 15 is 0 Å². The molecule has 1 aromatic rings. The lowest BCUT2D eigenvalue weighted by Gasteiger charge is -2.26. The molecule has 0 amide bonds. The maximum atomic E-state index is 5.93. The second kappa shape index (κ2) is 7.39. The third-order valence-electron chi connectivity index (χ3n) is 3.79. The van der Waals surface area contributed by atoms with Gasteiger partial charge in [-0.15, -0.1) is 0 Å². The first kappa shape index (κ1) is 14.2. The van der Waals surface area contributed by atoms with Crippen LogP contribution in [0.5, 0.6) is 5.75 Å². The van der Waals surface area contributed by atoms with Crippen LogP contribution in [0.2, 0.25) is 0 Å². The van der Waals surface area contributed by atoms with Gasteiger partial charge in [0.25, 0.3) is 0 Å². The van der Waals surface area contributed by atoms with Crippen LogP contribution in [0.4, 0.5) is 5.69 Å². The molecular formula is C16H26N2O. The highest BCUT2D eigenvalue weighted by Gasteiger charge is 2.17. The summed E-state index contributed by atoms with van der Waals surface area (Å²) in [5, 5.41) is 3.53. The lowest BCUT2D eigenvalue weighted by molar-refractivity contribution is 0.317. The Hall–Kier alpha value is -1.22. The van der Waals surface area contributed by atoms with E-state index in [4.69, 9.17) is 10.5 Å². The van der Waals surface area contributed by atoms with Crippen molar-refractivity contribution in [2.75, 3.05) is 18.5 Å². The summed E-state index contributed by atoms with van der Waals surface area (Å²) >= 11 is 0. The fourth-order valence-electron chi connectivity index (χ4n) is 2.57. The molecule has 2 rings (SSSR count). The molecule has 0 spiro atoms. The molecule has 1 aliphatic rings. The van der Waals surface area contributed by atoms with Crippen molar-refractivity contribution in [3.63, 3.8) is 0 Å². The summed E-state index contributed by atoms with van der Waals surface area (Å²) in [6, 6.07) is 8.68. The van der Waals surface area contributed by atoms with Crippen molar-refractivity contribution in [2.24, 2.45) is 11.7 Å². The highest BCUT2D eigenvalue weighted by Crippen LogP contribution is 2.24. The van der Waals surface area contributed by atoms with Crippen LogP contribution in [-0.4, -0.2) is 19.2 Å². The normalized spacial score (nSPS) is 23.1. The minimum atomic E-state index is 0.432. The van der Waals surface area contributed by atoms with E-state index in [1.54, 1.807) is 0 Å². The molecule has 1 aromatic carbocycles. The summed E-state index contributed by atoms with van der Waals surface area (Å²) in [5.41, 5.74) is 7.09. The average Bonchev–Trinajstić information content (AvgIpc) is 2.45. The van der Waals surface area contributed by atoms with Crippen molar-refractivity contribution in [1.82, 2.24) is 0 Å². The molecule has 3 heteroatoms. The van der Waals surface area contributed by atoms with Gasteiger partial charge in [0, 0.05) is 24.3 Å². The Morgan fingerprint density at radius 1 is 1.26 bits per heavy atom. The van der Waals surface area contributed by atoms with Crippen LogP contribution in [0.3, 0.4) is 0 Å². The number of ether oxygens (including phenoxy) is 1. The van der Waals surface area contributed by atoms with E-state index in [-0.39, 0.29) is 0 Å². The van der Waals surface area contributed by atoms with Gasteiger partial charge in [-0.25, -0.2) is 0 Å². The fourth-order valence-corrected chi connectivity index (χ4v) is 2.57. The topological polar surface area (TPSA) is 47.3 Å². The van der Waals surface area contributed by atoms with E-state index in [0.717, 1.165) is 36.9 Å². The Labute approximate surface area is 116 Å². The van der Waals surface area contributed by atoms with Crippen molar-refractivity contribution in [2.45, 2.75) is 45.1 Å². The molecule has 0 saturated heterocycles. The Morgan fingerprint density at radius 3 is 2.79 bits per heavy atom. The Balaban J connectivity index is 1.78. The first-order chi connectivity index (χ1) is 9.28. The summed E-state index contributed by atoms with van der Waals surface area (Å²) in [7, 11) is 0. The van der Waals surface area contributed by atoms with Crippen LogP contribution in [0.15, 0.2) is 24.3 Å². The quantitative estimate of drug-likeness (QED) is 0.826. The number of anilines is 1. The molecule has 0 aromatic heterocycles. The zero-order valence-corrected chi connectivity index (χ0v) is 11.9. The molecule has 0 aliphatic heterocycles. The van der Waals surface area contributed by atoms with Crippen molar-refractivity contribution < 1.29 is 4.74 Å². The van der Waals surface area contributed by atoms with Gasteiger partial charge in [0.2, 0.25) is 0 Å². The largest absolute Gasteiger partial charge is 0.494 e. The van der Waals surface area contributed by atoms with Crippen LogP contribution < -0.4 is 15.8 Å². The lowest BCUT2D eigenvalue weighted by Crippen LogP contribution is -2.29. The molecule has 3 nitrogen and oxygen atoms in total. The highest BCUT2D eigenvalue weighted by molar-refractivity contribution is 5.48. The molecular weight excluding hydrogens is 236 g/mol. The van der Waals surface area contributed by atoms with Crippen molar-refractivity contribution in [3.8, 4) is 5.75 Å². The van der Waals surface area contributed by atoms with Crippen LogP contribution in [0.1, 0.15) is 39.0 Å². The third-order valence-corrected chi connectivity index (χ3v) is 3.79. The zero-order chi connectivity index (χ0) is 13.5. The van der Waals surface area contributed by atoms with E-state index in [9.17, 15) is 0 Å². The Morgan fingerprint density at radius 2 is 2.05 bits per heavy atom.